The molecule has 0 heterocycles. The fourth-order valence-electron chi connectivity index (χ4n) is 2.52. The summed E-state index contributed by atoms with van der Waals surface area (Å²) in [5.74, 6) is 0. The first-order valence-electron chi connectivity index (χ1n) is 5.73. The van der Waals surface area contributed by atoms with Gasteiger partial charge in [0.2, 0.25) is 0 Å². The summed E-state index contributed by atoms with van der Waals surface area (Å²) >= 11 is 0. The molecule has 0 aliphatic rings. The first kappa shape index (κ1) is 9.41. The number of benzene rings is 3. The Morgan fingerprint density at radius 3 is 2.25 bits per heavy atom. The maximum atomic E-state index is 4.16. The fraction of sp³-hybridized carbons (Fsp3) is 0.125. The Balaban J connectivity index is 2.69. The van der Waals surface area contributed by atoms with E-state index in [1.54, 1.807) is 0 Å². The summed E-state index contributed by atoms with van der Waals surface area (Å²) < 4.78 is 0. The molecule has 3 aromatic rings. The van der Waals surface area contributed by atoms with Crippen molar-refractivity contribution in [3.63, 3.8) is 0 Å². The van der Waals surface area contributed by atoms with E-state index in [4.69, 9.17) is 0 Å². The van der Waals surface area contributed by atoms with Crippen LogP contribution in [0.3, 0.4) is 0 Å². The summed E-state index contributed by atoms with van der Waals surface area (Å²) in [5.41, 5.74) is 1.40. The third-order valence-electron chi connectivity index (χ3n) is 3.33. The molecule has 16 heavy (non-hydrogen) atoms. The minimum absolute atomic E-state index is 1.06. The smallest absolute Gasteiger partial charge is 0.00303 e. The monoisotopic (exact) mass is 206 g/mol. The summed E-state index contributed by atoms with van der Waals surface area (Å²) in [6.45, 7) is 6.36. The lowest BCUT2D eigenvalue weighted by Crippen LogP contribution is -2.02. The van der Waals surface area contributed by atoms with Gasteiger partial charge in [-0.2, -0.15) is 0 Å². The first-order chi connectivity index (χ1) is 7.81. The van der Waals surface area contributed by atoms with Crippen LogP contribution in [0.5, 0.6) is 0 Å². The van der Waals surface area contributed by atoms with Crippen LogP contribution >= 0.6 is 0 Å². The predicted octanol–water partition coefficient (Wildman–Crippen LogP) is 3.68. The molecule has 3 aromatic carbocycles. The van der Waals surface area contributed by atoms with Gasteiger partial charge >= 0.3 is 0 Å². The number of hydrogen-bond donors (Lipinski definition) is 0. The van der Waals surface area contributed by atoms with E-state index in [-0.39, 0.29) is 0 Å². The minimum Gasteiger partial charge on any atom is -0.0911 e. The molecule has 0 aliphatic heterocycles. The highest BCUT2D eigenvalue weighted by Crippen LogP contribution is 2.26. The topological polar surface area (TPSA) is 0 Å². The molecule has 0 N–H and O–H groups in total. The van der Waals surface area contributed by atoms with Crippen LogP contribution in [0.25, 0.3) is 28.1 Å². The minimum atomic E-state index is 1.06. The molecule has 78 valence electrons. The summed E-state index contributed by atoms with van der Waals surface area (Å²) in [6, 6.07) is 15.2. The van der Waals surface area contributed by atoms with Crippen LogP contribution in [0.4, 0.5) is 0 Å². The van der Waals surface area contributed by atoms with Gasteiger partial charge < -0.3 is 0 Å². The SMILES string of the molecule is C=c1ccc2cccc3ccc(CC)c1c32. The largest absolute Gasteiger partial charge is 0.0911 e. The Bertz CT molecular complexity index is 692. The van der Waals surface area contributed by atoms with Gasteiger partial charge in [0.1, 0.15) is 0 Å². The second-order valence-electron chi connectivity index (χ2n) is 4.26. The van der Waals surface area contributed by atoms with E-state index >= 15 is 0 Å². The third kappa shape index (κ3) is 1.16. The Kier molecular flexibility index (Phi) is 1.97. The average Bonchev–Trinajstić information content (AvgIpc) is 2.33. The van der Waals surface area contributed by atoms with E-state index in [9.17, 15) is 0 Å². The molecule has 0 amide bonds. The molecule has 0 nitrogen and oxygen atoms in total. The van der Waals surface area contributed by atoms with Gasteiger partial charge in [-0.05, 0) is 38.7 Å². The summed E-state index contributed by atoms with van der Waals surface area (Å²) in [4.78, 5) is 0. The van der Waals surface area contributed by atoms with Crippen molar-refractivity contribution in [3.05, 3.63) is 53.2 Å². The van der Waals surface area contributed by atoms with Gasteiger partial charge in [0, 0.05) is 0 Å². The molecule has 0 spiro atoms. The van der Waals surface area contributed by atoms with Crippen molar-refractivity contribution in [2.75, 3.05) is 0 Å². The molecule has 0 radical (unpaired) electrons. The molecule has 0 fully saturated rings. The lowest BCUT2D eigenvalue weighted by atomic mass is 9.95. The van der Waals surface area contributed by atoms with Crippen LogP contribution in [0, 0.1) is 0 Å². The molecule has 0 atom stereocenters. The zero-order valence-electron chi connectivity index (χ0n) is 9.46. The Hall–Kier alpha value is -1.82. The molecule has 0 aliphatic carbocycles. The van der Waals surface area contributed by atoms with E-state index in [0.29, 0.717) is 0 Å². The average molecular weight is 206 g/mol. The van der Waals surface area contributed by atoms with Crippen molar-refractivity contribution in [2.24, 2.45) is 0 Å². The van der Waals surface area contributed by atoms with E-state index in [2.05, 4.69) is 56.0 Å². The number of aryl methyl sites for hydroxylation is 1. The maximum Gasteiger partial charge on any atom is -0.00303 e. The van der Waals surface area contributed by atoms with Crippen molar-refractivity contribution < 1.29 is 0 Å². The second kappa shape index (κ2) is 3.34. The van der Waals surface area contributed by atoms with Crippen LogP contribution < -0.4 is 5.22 Å². The zero-order valence-corrected chi connectivity index (χ0v) is 9.46. The van der Waals surface area contributed by atoms with Crippen LogP contribution in [0.2, 0.25) is 0 Å². The van der Waals surface area contributed by atoms with Crippen LogP contribution in [-0.2, 0) is 6.42 Å². The third-order valence-corrected chi connectivity index (χ3v) is 3.33. The van der Waals surface area contributed by atoms with Crippen LogP contribution in [0.15, 0.2) is 42.5 Å². The Morgan fingerprint density at radius 1 is 0.875 bits per heavy atom. The molecule has 0 unspecified atom stereocenters. The number of hydrogen-bond acceptors (Lipinski definition) is 0. The lowest BCUT2D eigenvalue weighted by molar-refractivity contribution is 1.16. The molecule has 0 bridgehead atoms. The molecular formula is C16H14. The quantitative estimate of drug-likeness (QED) is 0.569. The van der Waals surface area contributed by atoms with Crippen LogP contribution in [0.1, 0.15) is 12.5 Å². The van der Waals surface area contributed by atoms with Crippen LogP contribution in [-0.4, -0.2) is 0 Å². The zero-order chi connectivity index (χ0) is 11.1. The molecule has 0 heteroatoms. The second-order valence-corrected chi connectivity index (χ2v) is 4.26. The predicted molar refractivity (Wildman–Crippen MR) is 71.6 cm³/mol. The Labute approximate surface area is 95.2 Å². The van der Waals surface area contributed by atoms with Gasteiger partial charge in [-0.25, -0.2) is 0 Å². The summed E-state index contributed by atoms with van der Waals surface area (Å²) in [6.07, 6.45) is 1.06. The van der Waals surface area contributed by atoms with Crippen molar-refractivity contribution in [3.8, 4) is 0 Å². The highest BCUT2D eigenvalue weighted by Gasteiger charge is 2.05. The highest BCUT2D eigenvalue weighted by molar-refractivity contribution is 6.11. The van der Waals surface area contributed by atoms with Gasteiger partial charge in [0.05, 0.1) is 0 Å². The summed E-state index contributed by atoms with van der Waals surface area (Å²) in [7, 11) is 0. The van der Waals surface area contributed by atoms with E-state index < -0.39 is 0 Å². The Morgan fingerprint density at radius 2 is 1.56 bits per heavy atom. The van der Waals surface area contributed by atoms with Crippen molar-refractivity contribution >= 4 is 28.1 Å². The normalized spacial score (nSPS) is 11.3. The highest BCUT2D eigenvalue weighted by atomic mass is 14.1. The van der Waals surface area contributed by atoms with Gasteiger partial charge in [0.25, 0.3) is 0 Å². The molecule has 0 saturated heterocycles. The van der Waals surface area contributed by atoms with E-state index in [0.717, 1.165) is 11.6 Å². The van der Waals surface area contributed by atoms with Crippen molar-refractivity contribution in [1.29, 1.82) is 0 Å². The number of rotatable bonds is 1. The standard InChI is InChI=1S/C16H14/c1-3-12-9-10-14-6-4-5-13-8-7-11(2)15(12)16(13)14/h4-10H,2-3H2,1H3. The maximum absolute atomic E-state index is 4.16. The molecule has 0 saturated carbocycles. The van der Waals surface area contributed by atoms with Gasteiger partial charge in [-0.15, -0.1) is 0 Å². The molecule has 3 rings (SSSR count). The van der Waals surface area contributed by atoms with Gasteiger partial charge in [-0.1, -0.05) is 56.0 Å². The van der Waals surface area contributed by atoms with E-state index in [1.807, 2.05) is 0 Å². The van der Waals surface area contributed by atoms with Gasteiger partial charge in [-0.3, -0.25) is 0 Å². The van der Waals surface area contributed by atoms with E-state index in [1.165, 1.54) is 27.1 Å². The van der Waals surface area contributed by atoms with Crippen molar-refractivity contribution in [2.45, 2.75) is 13.3 Å². The lowest BCUT2D eigenvalue weighted by Gasteiger charge is -2.09. The van der Waals surface area contributed by atoms with Crippen molar-refractivity contribution in [1.82, 2.24) is 0 Å². The summed E-state index contributed by atoms with van der Waals surface area (Å²) in [5, 5.41) is 6.49. The molecular weight excluding hydrogens is 192 g/mol. The fourth-order valence-corrected chi connectivity index (χ4v) is 2.52. The van der Waals surface area contributed by atoms with Gasteiger partial charge in [0.15, 0.2) is 0 Å². The first-order valence-corrected chi connectivity index (χ1v) is 5.73. The molecule has 0 aromatic heterocycles.